The summed E-state index contributed by atoms with van der Waals surface area (Å²) in [6.07, 6.45) is 7.13. The van der Waals surface area contributed by atoms with E-state index in [-0.39, 0.29) is 5.11 Å². The van der Waals surface area contributed by atoms with E-state index in [1.807, 2.05) is 36.0 Å². The number of imidazole rings is 1. The summed E-state index contributed by atoms with van der Waals surface area (Å²) in [5.74, 6) is 0.772. The number of fused-ring (bicyclic) bond motifs is 3. The summed E-state index contributed by atoms with van der Waals surface area (Å²) in [6.45, 7) is 0. The highest BCUT2D eigenvalue weighted by Crippen LogP contribution is 2.28. The van der Waals surface area contributed by atoms with Gasteiger partial charge in [-0.3, -0.25) is 5.10 Å². The van der Waals surface area contributed by atoms with Gasteiger partial charge in [0.05, 0.1) is 23.4 Å². The molecule has 0 unspecified atom stereocenters. The first-order chi connectivity index (χ1) is 12.5. The molecule has 26 heavy (non-hydrogen) atoms. The van der Waals surface area contributed by atoms with Crippen LogP contribution >= 0.6 is 12.2 Å². The number of aromatic nitrogens is 5. The average Bonchev–Trinajstić information content (AvgIpc) is 3.27. The number of hydrazone groups is 1. The van der Waals surface area contributed by atoms with E-state index in [0.29, 0.717) is 0 Å². The Morgan fingerprint density at radius 3 is 3.00 bits per heavy atom. The minimum Gasteiger partial charge on any atom is -0.375 e. The Kier molecular flexibility index (Phi) is 3.85. The number of nitrogens with two attached hydrogens (primary N) is 1. The minimum atomic E-state index is 0.190. The van der Waals surface area contributed by atoms with Crippen LogP contribution in [0.2, 0.25) is 0 Å². The molecule has 4 aromatic rings. The molecular formula is C17H16N8S. The minimum absolute atomic E-state index is 0.190. The number of thiocarbonyl (C=S) groups is 1. The molecule has 1 aromatic carbocycles. The van der Waals surface area contributed by atoms with Crippen LogP contribution in [-0.4, -0.2) is 48.1 Å². The van der Waals surface area contributed by atoms with Crippen molar-refractivity contribution in [1.29, 1.82) is 0 Å². The molecule has 0 aliphatic heterocycles. The second-order valence-electron chi connectivity index (χ2n) is 5.86. The van der Waals surface area contributed by atoms with Gasteiger partial charge >= 0.3 is 0 Å². The van der Waals surface area contributed by atoms with Crippen molar-refractivity contribution in [1.82, 2.24) is 29.7 Å². The Labute approximate surface area is 154 Å². The fourth-order valence-electron chi connectivity index (χ4n) is 2.80. The normalized spacial score (nSPS) is 11.6. The van der Waals surface area contributed by atoms with Gasteiger partial charge in [-0.25, -0.2) is 15.0 Å². The lowest BCUT2D eigenvalue weighted by atomic mass is 10.1. The lowest BCUT2D eigenvalue weighted by Gasteiger charge is -2.11. The summed E-state index contributed by atoms with van der Waals surface area (Å²) < 4.78 is 1.92. The number of rotatable bonds is 3. The molecule has 8 nitrogen and oxygen atoms in total. The molecule has 130 valence electrons. The average molecular weight is 364 g/mol. The number of hydrogen-bond donors (Lipinski definition) is 2. The van der Waals surface area contributed by atoms with E-state index in [1.165, 1.54) is 5.01 Å². The van der Waals surface area contributed by atoms with Gasteiger partial charge in [0.15, 0.2) is 10.9 Å². The summed E-state index contributed by atoms with van der Waals surface area (Å²) >= 11 is 4.95. The molecule has 3 heterocycles. The van der Waals surface area contributed by atoms with Crippen LogP contribution in [0.1, 0.15) is 5.56 Å². The van der Waals surface area contributed by atoms with Gasteiger partial charge in [0.1, 0.15) is 5.69 Å². The number of hydrogen-bond acceptors (Lipinski definition) is 5. The number of aryl methyl sites for hydroxylation is 1. The molecular weight excluding hydrogens is 348 g/mol. The summed E-state index contributed by atoms with van der Waals surface area (Å²) in [5, 5.41) is 15.1. The van der Waals surface area contributed by atoms with E-state index in [9.17, 15) is 0 Å². The van der Waals surface area contributed by atoms with Crippen molar-refractivity contribution in [2.45, 2.75) is 0 Å². The maximum atomic E-state index is 5.62. The number of pyridine rings is 1. The second-order valence-corrected chi connectivity index (χ2v) is 6.28. The molecule has 3 aromatic heterocycles. The molecule has 0 spiro atoms. The zero-order chi connectivity index (χ0) is 18.3. The van der Waals surface area contributed by atoms with Gasteiger partial charge in [-0.1, -0.05) is 0 Å². The van der Waals surface area contributed by atoms with E-state index in [2.05, 4.69) is 20.3 Å². The van der Waals surface area contributed by atoms with Crippen LogP contribution in [0.4, 0.5) is 0 Å². The smallest absolute Gasteiger partial charge is 0.186 e. The summed E-state index contributed by atoms with van der Waals surface area (Å²) in [6, 6.07) is 5.90. The Hall–Kier alpha value is -3.33. The lowest BCUT2D eigenvalue weighted by Crippen LogP contribution is -2.27. The Balaban J connectivity index is 1.99. The van der Waals surface area contributed by atoms with E-state index in [4.69, 9.17) is 22.9 Å². The van der Waals surface area contributed by atoms with Crippen LogP contribution in [0.5, 0.6) is 0 Å². The summed E-state index contributed by atoms with van der Waals surface area (Å²) in [7, 11) is 3.63. The zero-order valence-electron chi connectivity index (χ0n) is 14.2. The van der Waals surface area contributed by atoms with Crippen LogP contribution in [0.15, 0.2) is 41.9 Å². The van der Waals surface area contributed by atoms with Crippen molar-refractivity contribution in [3.8, 4) is 11.5 Å². The number of H-pyrrole nitrogens is 1. The van der Waals surface area contributed by atoms with E-state index in [1.54, 1.807) is 25.7 Å². The molecule has 0 amide bonds. The number of aromatic amines is 1. The highest BCUT2D eigenvalue weighted by atomic mass is 32.1. The molecule has 0 aliphatic rings. The Bertz CT molecular complexity index is 1160. The Morgan fingerprint density at radius 1 is 1.42 bits per heavy atom. The predicted octanol–water partition coefficient (Wildman–Crippen LogP) is 2.02. The van der Waals surface area contributed by atoms with Crippen molar-refractivity contribution in [2.24, 2.45) is 17.9 Å². The molecule has 0 radical (unpaired) electrons. The van der Waals surface area contributed by atoms with Gasteiger partial charge in [-0.05, 0) is 30.4 Å². The zero-order valence-corrected chi connectivity index (χ0v) is 15.0. The third kappa shape index (κ3) is 2.68. The molecule has 4 rings (SSSR count). The van der Waals surface area contributed by atoms with Crippen molar-refractivity contribution < 1.29 is 0 Å². The van der Waals surface area contributed by atoms with Gasteiger partial charge in [0.25, 0.3) is 0 Å². The van der Waals surface area contributed by atoms with Gasteiger partial charge in [-0.15, -0.1) is 0 Å². The third-order valence-electron chi connectivity index (χ3n) is 4.16. The highest BCUT2D eigenvalue weighted by molar-refractivity contribution is 7.80. The standard InChI is InChI=1S/C17H16N8S/c1-24-6-5-19-16(24)13-7-11(9-21-25(2)17(18)26)14-12(22-13)4-3-10-8-20-23-15(10)14/h3-9H,1-2H3,(H2,18,26)(H,20,23)/b21-9+. The van der Waals surface area contributed by atoms with Crippen molar-refractivity contribution in [2.75, 3.05) is 7.05 Å². The molecule has 0 fully saturated rings. The monoisotopic (exact) mass is 364 g/mol. The van der Waals surface area contributed by atoms with Gasteiger partial charge in [-0.2, -0.15) is 10.2 Å². The van der Waals surface area contributed by atoms with Crippen LogP contribution in [0, 0.1) is 0 Å². The molecule has 0 aliphatic carbocycles. The van der Waals surface area contributed by atoms with Crippen molar-refractivity contribution in [3.05, 3.63) is 42.4 Å². The SMILES string of the molecule is CN(/N=C/c1cc(-c2nccn2C)nc2ccc3cn[nH]c3c12)C(N)=S. The fourth-order valence-corrected chi connectivity index (χ4v) is 2.85. The van der Waals surface area contributed by atoms with E-state index in [0.717, 1.165) is 38.9 Å². The summed E-state index contributed by atoms with van der Waals surface area (Å²) in [4.78, 5) is 9.17. The van der Waals surface area contributed by atoms with Gasteiger partial charge in [0.2, 0.25) is 0 Å². The van der Waals surface area contributed by atoms with Crippen molar-refractivity contribution in [3.63, 3.8) is 0 Å². The quantitative estimate of drug-likeness (QED) is 0.328. The van der Waals surface area contributed by atoms with Crippen LogP contribution in [0.3, 0.4) is 0 Å². The van der Waals surface area contributed by atoms with E-state index >= 15 is 0 Å². The first kappa shape index (κ1) is 16.2. The van der Waals surface area contributed by atoms with Gasteiger partial charge < -0.3 is 10.3 Å². The van der Waals surface area contributed by atoms with Crippen LogP contribution < -0.4 is 5.73 Å². The van der Waals surface area contributed by atoms with E-state index < -0.39 is 0 Å². The second kappa shape index (κ2) is 6.19. The number of nitrogens with one attached hydrogen (secondary N) is 1. The maximum absolute atomic E-state index is 5.62. The molecule has 3 N–H and O–H groups in total. The van der Waals surface area contributed by atoms with Crippen LogP contribution in [0.25, 0.3) is 33.3 Å². The number of benzene rings is 1. The first-order valence-electron chi connectivity index (χ1n) is 7.86. The molecule has 0 saturated carbocycles. The largest absolute Gasteiger partial charge is 0.375 e. The number of nitrogens with zero attached hydrogens (tertiary/aromatic N) is 6. The molecule has 0 atom stereocenters. The molecule has 0 saturated heterocycles. The Morgan fingerprint density at radius 2 is 2.27 bits per heavy atom. The summed E-state index contributed by atoms with van der Waals surface area (Å²) in [5.41, 5.74) is 8.96. The lowest BCUT2D eigenvalue weighted by molar-refractivity contribution is 0.552. The highest BCUT2D eigenvalue weighted by Gasteiger charge is 2.13. The third-order valence-corrected chi connectivity index (χ3v) is 4.42. The molecule has 9 heteroatoms. The topological polar surface area (TPSA) is 101 Å². The predicted molar refractivity (Wildman–Crippen MR) is 106 cm³/mol. The first-order valence-corrected chi connectivity index (χ1v) is 8.27. The maximum Gasteiger partial charge on any atom is 0.186 e. The van der Waals surface area contributed by atoms with Crippen LogP contribution in [-0.2, 0) is 7.05 Å². The van der Waals surface area contributed by atoms with Gasteiger partial charge in [0, 0.05) is 42.8 Å². The molecule has 0 bridgehead atoms. The fraction of sp³-hybridized carbons (Fsp3) is 0.118. The van der Waals surface area contributed by atoms with Crippen molar-refractivity contribution >= 4 is 45.4 Å².